The molecule has 0 radical (unpaired) electrons. The van der Waals surface area contributed by atoms with Gasteiger partial charge in [-0.1, -0.05) is 17.9 Å². The molecule has 112 valence electrons. The minimum Gasteiger partial charge on any atom is -0.395 e. The Morgan fingerprint density at radius 2 is 2.33 bits per heavy atom. The van der Waals surface area contributed by atoms with Crippen LogP contribution in [0.5, 0.6) is 0 Å². The second-order valence-electron chi connectivity index (χ2n) is 5.28. The fraction of sp³-hybridized carbons (Fsp3) is 0.471. The van der Waals surface area contributed by atoms with Gasteiger partial charge in [0, 0.05) is 18.6 Å². The molecular formula is C17H21NO3. The number of nitrogens with one attached hydrogen (secondary N) is 1. The van der Waals surface area contributed by atoms with E-state index in [0.717, 1.165) is 23.2 Å². The maximum atomic E-state index is 12.3. The summed E-state index contributed by atoms with van der Waals surface area (Å²) in [6, 6.07) is 5.76. The van der Waals surface area contributed by atoms with E-state index in [-0.39, 0.29) is 24.5 Å². The molecular weight excluding hydrogens is 266 g/mol. The topological polar surface area (TPSA) is 58.6 Å². The van der Waals surface area contributed by atoms with Gasteiger partial charge in [0.05, 0.1) is 24.3 Å². The quantitative estimate of drug-likeness (QED) is 0.837. The first-order valence-corrected chi connectivity index (χ1v) is 7.24. The number of aliphatic hydroxyl groups is 1. The van der Waals surface area contributed by atoms with E-state index in [1.807, 2.05) is 32.0 Å². The summed E-state index contributed by atoms with van der Waals surface area (Å²) in [4.78, 5) is 12.3. The molecule has 1 aromatic carbocycles. The Labute approximate surface area is 125 Å². The number of aryl methyl sites for hydroxylation is 1. The number of ether oxygens (including phenoxy) is 1. The first-order chi connectivity index (χ1) is 10.1. The largest absolute Gasteiger partial charge is 0.395 e. The van der Waals surface area contributed by atoms with E-state index < -0.39 is 0 Å². The van der Waals surface area contributed by atoms with Crippen molar-refractivity contribution in [2.24, 2.45) is 5.92 Å². The lowest BCUT2D eigenvalue weighted by molar-refractivity contribution is -0.121. The van der Waals surface area contributed by atoms with Crippen LogP contribution in [-0.2, 0) is 9.53 Å². The molecule has 1 aliphatic rings. The SMILES string of the molecule is Cc1ccc(NC(=O)C2CCOC2C)c(C#CCCO)c1. The summed E-state index contributed by atoms with van der Waals surface area (Å²) in [6.07, 6.45) is 1.14. The molecule has 0 spiro atoms. The summed E-state index contributed by atoms with van der Waals surface area (Å²) >= 11 is 0. The zero-order chi connectivity index (χ0) is 15.2. The van der Waals surface area contributed by atoms with E-state index in [0.29, 0.717) is 13.0 Å². The lowest BCUT2D eigenvalue weighted by atomic mass is 10.0. The third-order valence-corrected chi connectivity index (χ3v) is 3.61. The maximum Gasteiger partial charge on any atom is 0.230 e. The van der Waals surface area contributed by atoms with Crippen LogP contribution in [0.1, 0.15) is 30.9 Å². The van der Waals surface area contributed by atoms with Crippen LogP contribution in [0.4, 0.5) is 5.69 Å². The van der Waals surface area contributed by atoms with Crippen LogP contribution >= 0.6 is 0 Å². The van der Waals surface area contributed by atoms with Crippen LogP contribution in [0.15, 0.2) is 18.2 Å². The summed E-state index contributed by atoms with van der Waals surface area (Å²) in [6.45, 7) is 4.58. The standard InChI is InChI=1S/C17H21NO3/c1-12-6-7-16(14(11-12)5-3-4-9-19)18-17(20)15-8-10-21-13(15)2/h6-7,11,13,15,19H,4,8-10H2,1-2H3,(H,18,20). The molecule has 0 aromatic heterocycles. The number of benzene rings is 1. The van der Waals surface area contributed by atoms with E-state index in [4.69, 9.17) is 9.84 Å². The highest BCUT2D eigenvalue weighted by atomic mass is 16.5. The number of amides is 1. The van der Waals surface area contributed by atoms with Crippen molar-refractivity contribution >= 4 is 11.6 Å². The lowest BCUT2D eigenvalue weighted by Crippen LogP contribution is -2.28. The summed E-state index contributed by atoms with van der Waals surface area (Å²) in [5.74, 6) is 5.77. The maximum absolute atomic E-state index is 12.3. The van der Waals surface area contributed by atoms with E-state index in [2.05, 4.69) is 17.2 Å². The van der Waals surface area contributed by atoms with Gasteiger partial charge in [-0.3, -0.25) is 4.79 Å². The Kier molecular flexibility index (Phi) is 5.38. The second-order valence-corrected chi connectivity index (χ2v) is 5.28. The number of hydrogen-bond donors (Lipinski definition) is 2. The first-order valence-electron chi connectivity index (χ1n) is 7.24. The van der Waals surface area contributed by atoms with Crippen molar-refractivity contribution in [3.05, 3.63) is 29.3 Å². The van der Waals surface area contributed by atoms with Crippen molar-refractivity contribution in [3.63, 3.8) is 0 Å². The highest BCUT2D eigenvalue weighted by Gasteiger charge is 2.30. The van der Waals surface area contributed by atoms with E-state index in [9.17, 15) is 4.79 Å². The van der Waals surface area contributed by atoms with Crippen LogP contribution in [0.25, 0.3) is 0 Å². The molecule has 2 atom stereocenters. The fourth-order valence-electron chi connectivity index (χ4n) is 2.39. The minimum absolute atomic E-state index is 0.0194. The molecule has 4 heteroatoms. The van der Waals surface area contributed by atoms with Crippen LogP contribution in [0, 0.1) is 24.7 Å². The molecule has 1 heterocycles. The van der Waals surface area contributed by atoms with Gasteiger partial charge >= 0.3 is 0 Å². The van der Waals surface area contributed by atoms with Gasteiger partial charge in [-0.05, 0) is 38.0 Å². The summed E-state index contributed by atoms with van der Waals surface area (Å²) in [7, 11) is 0. The van der Waals surface area contributed by atoms with Gasteiger partial charge < -0.3 is 15.2 Å². The molecule has 0 bridgehead atoms. The van der Waals surface area contributed by atoms with Crippen molar-refractivity contribution in [2.45, 2.75) is 32.8 Å². The Hall–Kier alpha value is -1.83. The Balaban J connectivity index is 2.15. The van der Waals surface area contributed by atoms with Gasteiger partial charge in [-0.2, -0.15) is 0 Å². The van der Waals surface area contributed by atoms with Gasteiger partial charge in [0.15, 0.2) is 0 Å². The molecule has 1 fully saturated rings. The van der Waals surface area contributed by atoms with Crippen molar-refractivity contribution in [1.29, 1.82) is 0 Å². The third kappa shape index (κ3) is 4.07. The summed E-state index contributed by atoms with van der Waals surface area (Å²) < 4.78 is 5.44. The fourth-order valence-corrected chi connectivity index (χ4v) is 2.39. The number of carbonyl (C=O) groups excluding carboxylic acids is 1. The number of carbonyl (C=O) groups is 1. The predicted octanol–water partition coefficient (Wildman–Crippen LogP) is 2.09. The molecule has 1 amide bonds. The molecule has 21 heavy (non-hydrogen) atoms. The van der Waals surface area contributed by atoms with Crippen molar-refractivity contribution in [3.8, 4) is 11.8 Å². The molecule has 0 saturated carbocycles. The average Bonchev–Trinajstić information content (AvgIpc) is 2.88. The molecule has 4 nitrogen and oxygen atoms in total. The van der Waals surface area contributed by atoms with Gasteiger partial charge in [0.2, 0.25) is 5.91 Å². The Morgan fingerprint density at radius 3 is 3.00 bits per heavy atom. The number of hydrogen-bond acceptors (Lipinski definition) is 3. The Bertz CT molecular complexity index is 571. The van der Waals surface area contributed by atoms with Gasteiger partial charge in [-0.25, -0.2) is 0 Å². The van der Waals surface area contributed by atoms with Gasteiger partial charge in [0.25, 0.3) is 0 Å². The molecule has 1 saturated heterocycles. The first kappa shape index (κ1) is 15.6. The lowest BCUT2D eigenvalue weighted by Gasteiger charge is -2.15. The number of rotatable bonds is 3. The molecule has 2 unspecified atom stereocenters. The molecule has 1 aliphatic heterocycles. The van der Waals surface area contributed by atoms with E-state index >= 15 is 0 Å². The third-order valence-electron chi connectivity index (χ3n) is 3.61. The Morgan fingerprint density at radius 1 is 1.52 bits per heavy atom. The molecule has 2 rings (SSSR count). The highest BCUT2D eigenvalue weighted by molar-refractivity contribution is 5.94. The molecule has 1 aromatic rings. The van der Waals surface area contributed by atoms with Gasteiger partial charge in [-0.15, -0.1) is 0 Å². The smallest absolute Gasteiger partial charge is 0.230 e. The predicted molar refractivity (Wildman–Crippen MR) is 81.9 cm³/mol. The zero-order valence-corrected chi connectivity index (χ0v) is 12.5. The average molecular weight is 287 g/mol. The second kappa shape index (κ2) is 7.26. The summed E-state index contributed by atoms with van der Waals surface area (Å²) in [5, 5.41) is 11.8. The monoisotopic (exact) mass is 287 g/mol. The van der Waals surface area contributed by atoms with Gasteiger partial charge in [0.1, 0.15) is 0 Å². The zero-order valence-electron chi connectivity index (χ0n) is 12.5. The normalized spacial score (nSPS) is 20.7. The van der Waals surface area contributed by atoms with E-state index in [1.54, 1.807) is 0 Å². The van der Waals surface area contributed by atoms with Crippen LogP contribution in [-0.4, -0.2) is 30.3 Å². The van der Waals surface area contributed by atoms with Crippen molar-refractivity contribution in [2.75, 3.05) is 18.5 Å². The van der Waals surface area contributed by atoms with Crippen LogP contribution < -0.4 is 5.32 Å². The summed E-state index contributed by atoms with van der Waals surface area (Å²) in [5.41, 5.74) is 2.58. The van der Waals surface area contributed by atoms with Crippen LogP contribution in [0.3, 0.4) is 0 Å². The highest BCUT2D eigenvalue weighted by Crippen LogP contribution is 2.24. The molecule has 0 aliphatic carbocycles. The molecule has 2 N–H and O–H groups in total. The van der Waals surface area contributed by atoms with Crippen LogP contribution in [0.2, 0.25) is 0 Å². The van der Waals surface area contributed by atoms with Crippen molar-refractivity contribution < 1.29 is 14.6 Å². The number of anilines is 1. The van der Waals surface area contributed by atoms with Crippen molar-refractivity contribution in [1.82, 2.24) is 0 Å². The van der Waals surface area contributed by atoms with E-state index in [1.165, 1.54) is 0 Å². The minimum atomic E-state index is -0.107. The number of aliphatic hydroxyl groups excluding tert-OH is 1.